The molecule has 9 heteroatoms. The monoisotopic (exact) mass is 392 g/mol. The molecule has 0 spiro atoms. The minimum atomic E-state index is -0.923. The van der Waals surface area contributed by atoms with Gasteiger partial charge in [-0.1, -0.05) is 6.92 Å². The summed E-state index contributed by atoms with van der Waals surface area (Å²) in [5.41, 5.74) is -0.797. The van der Waals surface area contributed by atoms with Gasteiger partial charge in [0.05, 0.1) is 23.2 Å². The zero-order chi connectivity index (χ0) is 20.8. The van der Waals surface area contributed by atoms with Crippen LogP contribution in [0.5, 0.6) is 0 Å². The number of carbonyl (C=O) groups excluding carboxylic acids is 3. The average Bonchev–Trinajstić information content (AvgIpc) is 2.70. The number of nitrogens with zero attached hydrogens (tertiary/aromatic N) is 2. The van der Waals surface area contributed by atoms with Gasteiger partial charge in [-0.05, 0) is 37.7 Å². The van der Waals surface area contributed by atoms with E-state index in [0.29, 0.717) is 5.92 Å². The third-order valence-corrected chi connectivity index (χ3v) is 5.04. The van der Waals surface area contributed by atoms with Crippen LogP contribution in [-0.4, -0.2) is 54.5 Å². The van der Waals surface area contributed by atoms with Gasteiger partial charge in [0, 0.05) is 25.2 Å². The van der Waals surface area contributed by atoms with E-state index in [1.54, 1.807) is 11.9 Å². The van der Waals surface area contributed by atoms with Gasteiger partial charge in [-0.25, -0.2) is 9.59 Å². The molecule has 28 heavy (non-hydrogen) atoms. The Kier molecular flexibility index (Phi) is 7.08. The maximum absolute atomic E-state index is 12.3. The van der Waals surface area contributed by atoms with Crippen LogP contribution in [0.4, 0.5) is 5.69 Å². The summed E-state index contributed by atoms with van der Waals surface area (Å²) >= 11 is 0. The molecule has 0 atom stereocenters. The fourth-order valence-corrected chi connectivity index (χ4v) is 3.22. The van der Waals surface area contributed by atoms with Crippen molar-refractivity contribution in [3.8, 4) is 0 Å². The molecule has 0 radical (unpaired) electrons. The highest BCUT2D eigenvalue weighted by molar-refractivity contribution is 5.97. The van der Waals surface area contributed by atoms with Gasteiger partial charge in [0.2, 0.25) is 0 Å². The Bertz CT molecular complexity index is 770. The number of methoxy groups -OCH3 is 1. The van der Waals surface area contributed by atoms with Crippen molar-refractivity contribution >= 4 is 23.5 Å². The molecule has 152 valence electrons. The Morgan fingerprint density at radius 2 is 1.68 bits per heavy atom. The van der Waals surface area contributed by atoms with E-state index < -0.39 is 29.2 Å². The number of benzene rings is 1. The van der Waals surface area contributed by atoms with E-state index in [2.05, 4.69) is 11.7 Å². The van der Waals surface area contributed by atoms with Crippen LogP contribution < -0.4 is 0 Å². The molecule has 1 amide bonds. The van der Waals surface area contributed by atoms with Crippen LogP contribution in [0, 0.1) is 16.0 Å². The molecule has 0 saturated heterocycles. The molecule has 9 nitrogen and oxygen atoms in total. The lowest BCUT2D eigenvalue weighted by Crippen LogP contribution is -2.41. The summed E-state index contributed by atoms with van der Waals surface area (Å²) in [6.07, 6.45) is 3.91. The molecule has 0 aromatic heterocycles. The van der Waals surface area contributed by atoms with E-state index in [4.69, 9.17) is 4.74 Å². The van der Waals surface area contributed by atoms with Crippen molar-refractivity contribution in [2.45, 2.75) is 38.6 Å². The minimum Gasteiger partial charge on any atom is -0.465 e. The van der Waals surface area contributed by atoms with Gasteiger partial charge < -0.3 is 14.4 Å². The third-order valence-electron chi connectivity index (χ3n) is 5.04. The summed E-state index contributed by atoms with van der Waals surface area (Å²) in [5.74, 6) is -1.44. The Hall–Kier alpha value is -2.97. The molecule has 1 aliphatic rings. The SMILES string of the molecule is COC(=O)c1cc(C(=O)OCC(=O)N(C)C2CCC(C)CC2)cc([N+](=O)[O-])c1. The molecule has 1 aromatic rings. The average molecular weight is 392 g/mol. The van der Waals surface area contributed by atoms with Gasteiger partial charge >= 0.3 is 11.9 Å². The van der Waals surface area contributed by atoms with Crippen molar-refractivity contribution in [3.05, 3.63) is 39.4 Å². The Balaban J connectivity index is 2.03. The third kappa shape index (κ3) is 5.28. The van der Waals surface area contributed by atoms with Crippen LogP contribution in [0.25, 0.3) is 0 Å². The molecular weight excluding hydrogens is 368 g/mol. The molecule has 0 N–H and O–H groups in total. The number of hydrogen-bond donors (Lipinski definition) is 0. The first-order chi connectivity index (χ1) is 13.2. The number of amides is 1. The predicted octanol–water partition coefficient (Wildman–Crippen LogP) is 2.58. The summed E-state index contributed by atoms with van der Waals surface area (Å²) in [4.78, 5) is 48.1. The van der Waals surface area contributed by atoms with E-state index >= 15 is 0 Å². The number of nitro groups is 1. The molecule has 0 unspecified atom stereocenters. The predicted molar refractivity (Wildman–Crippen MR) is 98.9 cm³/mol. The fraction of sp³-hybridized carbons (Fsp3) is 0.526. The van der Waals surface area contributed by atoms with Crippen molar-refractivity contribution in [3.63, 3.8) is 0 Å². The number of non-ortho nitro benzene ring substituents is 1. The second-order valence-corrected chi connectivity index (χ2v) is 7.01. The van der Waals surface area contributed by atoms with E-state index in [1.807, 2.05) is 0 Å². The topological polar surface area (TPSA) is 116 Å². The number of likely N-dealkylation sites (N-methyl/N-ethyl adjacent to an activating group) is 1. The highest BCUT2D eigenvalue weighted by atomic mass is 16.6. The summed E-state index contributed by atoms with van der Waals surface area (Å²) in [6, 6.07) is 3.25. The molecule has 1 saturated carbocycles. The lowest BCUT2D eigenvalue weighted by Gasteiger charge is -2.33. The second-order valence-electron chi connectivity index (χ2n) is 7.01. The summed E-state index contributed by atoms with van der Waals surface area (Å²) in [7, 11) is 2.80. The van der Waals surface area contributed by atoms with Crippen molar-refractivity contribution in [1.82, 2.24) is 4.90 Å². The van der Waals surface area contributed by atoms with Crippen molar-refractivity contribution in [2.75, 3.05) is 20.8 Å². The van der Waals surface area contributed by atoms with Crippen molar-refractivity contribution < 1.29 is 28.8 Å². The van der Waals surface area contributed by atoms with Crippen LogP contribution in [0.2, 0.25) is 0 Å². The van der Waals surface area contributed by atoms with Gasteiger partial charge in [0.25, 0.3) is 11.6 Å². The Morgan fingerprint density at radius 3 is 2.21 bits per heavy atom. The molecule has 0 aliphatic heterocycles. The van der Waals surface area contributed by atoms with Crippen molar-refractivity contribution in [1.29, 1.82) is 0 Å². The first kappa shape index (κ1) is 21.3. The maximum atomic E-state index is 12.3. The van der Waals surface area contributed by atoms with Crippen LogP contribution in [0.15, 0.2) is 18.2 Å². The van der Waals surface area contributed by atoms with Gasteiger partial charge in [-0.3, -0.25) is 14.9 Å². The largest absolute Gasteiger partial charge is 0.465 e. The van der Waals surface area contributed by atoms with E-state index in [1.165, 1.54) is 0 Å². The lowest BCUT2D eigenvalue weighted by atomic mass is 9.87. The van der Waals surface area contributed by atoms with Gasteiger partial charge in [-0.15, -0.1) is 0 Å². The van der Waals surface area contributed by atoms with E-state index in [0.717, 1.165) is 51.0 Å². The number of carbonyl (C=O) groups is 3. The molecular formula is C19H24N2O7. The first-order valence-electron chi connectivity index (χ1n) is 9.03. The lowest BCUT2D eigenvalue weighted by molar-refractivity contribution is -0.384. The number of rotatable bonds is 6. The van der Waals surface area contributed by atoms with Gasteiger partial charge in [0.15, 0.2) is 6.61 Å². The van der Waals surface area contributed by atoms with Crippen LogP contribution in [-0.2, 0) is 14.3 Å². The number of nitro benzene ring substituents is 1. The fourth-order valence-electron chi connectivity index (χ4n) is 3.22. The normalized spacial score (nSPS) is 18.8. The summed E-state index contributed by atoms with van der Waals surface area (Å²) in [6.45, 7) is 1.71. The van der Waals surface area contributed by atoms with Gasteiger partial charge in [0.1, 0.15) is 0 Å². The molecule has 0 bridgehead atoms. The van der Waals surface area contributed by atoms with Gasteiger partial charge in [-0.2, -0.15) is 0 Å². The molecule has 0 heterocycles. The quantitative estimate of drug-likeness (QED) is 0.415. The van der Waals surface area contributed by atoms with Crippen LogP contribution in [0.3, 0.4) is 0 Å². The number of hydrogen-bond acceptors (Lipinski definition) is 7. The highest BCUT2D eigenvalue weighted by Gasteiger charge is 2.26. The first-order valence-corrected chi connectivity index (χ1v) is 9.03. The summed E-state index contributed by atoms with van der Waals surface area (Å²) < 4.78 is 9.56. The zero-order valence-corrected chi connectivity index (χ0v) is 16.2. The standard InChI is InChI=1S/C19H24N2O7/c1-12-4-6-15(7-5-12)20(2)17(22)11-28-19(24)14-8-13(18(23)27-3)9-16(10-14)21(25)26/h8-10,12,15H,4-7,11H2,1-3H3. The maximum Gasteiger partial charge on any atom is 0.338 e. The molecule has 1 fully saturated rings. The minimum absolute atomic E-state index is 0.117. The second kappa shape index (κ2) is 9.29. The Labute approximate surface area is 162 Å². The number of ether oxygens (including phenoxy) is 2. The van der Waals surface area contributed by atoms with E-state index in [-0.39, 0.29) is 23.1 Å². The zero-order valence-electron chi connectivity index (χ0n) is 16.2. The smallest absolute Gasteiger partial charge is 0.338 e. The molecule has 1 aliphatic carbocycles. The van der Waals surface area contributed by atoms with Crippen LogP contribution in [0.1, 0.15) is 53.3 Å². The Morgan fingerprint density at radius 1 is 1.11 bits per heavy atom. The summed E-state index contributed by atoms with van der Waals surface area (Å²) in [5, 5.41) is 11.0. The molecule has 2 rings (SSSR count). The molecule has 1 aromatic carbocycles. The van der Waals surface area contributed by atoms with Crippen molar-refractivity contribution in [2.24, 2.45) is 5.92 Å². The highest BCUT2D eigenvalue weighted by Crippen LogP contribution is 2.26. The van der Waals surface area contributed by atoms with Crippen LogP contribution >= 0.6 is 0 Å². The van der Waals surface area contributed by atoms with E-state index in [9.17, 15) is 24.5 Å². The number of esters is 2.